The van der Waals surface area contributed by atoms with Crippen LogP contribution in [0.3, 0.4) is 0 Å². The summed E-state index contributed by atoms with van der Waals surface area (Å²) in [6.07, 6.45) is 8.12. The number of carbonyl (C=O) groups excluding carboxylic acids is 1. The van der Waals surface area contributed by atoms with Crippen LogP contribution in [0.4, 0.5) is 11.5 Å². The number of hydrogen-bond acceptors (Lipinski definition) is 4. The van der Waals surface area contributed by atoms with E-state index in [0.29, 0.717) is 13.1 Å². The van der Waals surface area contributed by atoms with Gasteiger partial charge in [-0.05, 0) is 19.3 Å². The van der Waals surface area contributed by atoms with E-state index < -0.39 is 11.2 Å². The molecule has 1 amide bonds. The van der Waals surface area contributed by atoms with Crippen molar-refractivity contribution >= 4 is 17.4 Å². The third-order valence-electron chi connectivity index (χ3n) is 3.58. The first kappa shape index (κ1) is 20.5. The predicted molar refractivity (Wildman–Crippen MR) is 102 cm³/mol. The van der Waals surface area contributed by atoms with Crippen molar-refractivity contribution in [1.29, 1.82) is 0 Å². The first-order valence-corrected chi connectivity index (χ1v) is 8.56. The molecule has 25 heavy (non-hydrogen) atoms. The van der Waals surface area contributed by atoms with E-state index in [-0.39, 0.29) is 23.3 Å². The van der Waals surface area contributed by atoms with Gasteiger partial charge in [0.25, 0.3) is 11.5 Å². The van der Waals surface area contributed by atoms with Gasteiger partial charge in [0.1, 0.15) is 5.82 Å². The Bertz CT molecular complexity index is 757. The summed E-state index contributed by atoms with van der Waals surface area (Å²) in [7, 11) is 0. The Balaban J connectivity index is 3.45. The summed E-state index contributed by atoms with van der Waals surface area (Å²) in [5.41, 5.74) is 4.93. The van der Waals surface area contributed by atoms with Gasteiger partial charge in [-0.2, -0.15) is 0 Å². The molecule has 0 aliphatic rings. The van der Waals surface area contributed by atoms with Crippen LogP contribution in [0, 0.1) is 5.92 Å². The molecule has 0 aliphatic carbocycles. The summed E-state index contributed by atoms with van der Waals surface area (Å²) in [6.45, 7) is 8.42. The zero-order valence-electron chi connectivity index (χ0n) is 15.4. The SMILES string of the molecule is C/C=C/C=C/C(=O)N(CC(C)C)c1c(N)n(CCCC)c(=O)[nH]c1=O. The second-order valence-corrected chi connectivity index (χ2v) is 6.23. The minimum Gasteiger partial charge on any atom is -0.383 e. The normalized spacial score (nSPS) is 11.7. The smallest absolute Gasteiger partial charge is 0.330 e. The molecule has 7 heteroatoms. The second-order valence-electron chi connectivity index (χ2n) is 6.23. The molecule has 3 N–H and O–H groups in total. The maximum absolute atomic E-state index is 12.6. The third-order valence-corrected chi connectivity index (χ3v) is 3.58. The monoisotopic (exact) mass is 348 g/mol. The van der Waals surface area contributed by atoms with Crippen molar-refractivity contribution in [1.82, 2.24) is 9.55 Å². The molecule has 0 aromatic carbocycles. The van der Waals surface area contributed by atoms with Gasteiger partial charge >= 0.3 is 5.69 Å². The second kappa shape index (κ2) is 9.66. The zero-order chi connectivity index (χ0) is 19.0. The Hall–Kier alpha value is -2.57. The number of aromatic nitrogens is 2. The van der Waals surface area contributed by atoms with E-state index in [1.807, 2.05) is 27.7 Å². The number of nitrogens with one attached hydrogen (secondary N) is 1. The van der Waals surface area contributed by atoms with Crippen LogP contribution in [0.15, 0.2) is 33.9 Å². The highest BCUT2D eigenvalue weighted by molar-refractivity contribution is 6.03. The molecule has 0 saturated heterocycles. The van der Waals surface area contributed by atoms with Crippen LogP contribution >= 0.6 is 0 Å². The van der Waals surface area contributed by atoms with Crippen molar-refractivity contribution in [3.63, 3.8) is 0 Å². The van der Waals surface area contributed by atoms with E-state index in [1.165, 1.54) is 15.5 Å². The van der Waals surface area contributed by atoms with Gasteiger partial charge in [0.05, 0.1) is 0 Å². The molecule has 0 unspecified atom stereocenters. The van der Waals surface area contributed by atoms with Gasteiger partial charge in [-0.1, -0.05) is 45.4 Å². The van der Waals surface area contributed by atoms with Crippen LogP contribution < -0.4 is 21.9 Å². The molecule has 0 spiro atoms. The summed E-state index contributed by atoms with van der Waals surface area (Å²) in [4.78, 5) is 40.6. The quantitative estimate of drug-likeness (QED) is 0.554. The lowest BCUT2D eigenvalue weighted by molar-refractivity contribution is -0.114. The maximum atomic E-state index is 12.6. The van der Waals surface area contributed by atoms with Gasteiger partial charge in [0, 0.05) is 19.2 Å². The maximum Gasteiger partial charge on any atom is 0.330 e. The average molecular weight is 348 g/mol. The van der Waals surface area contributed by atoms with E-state index in [2.05, 4.69) is 4.98 Å². The van der Waals surface area contributed by atoms with Gasteiger partial charge < -0.3 is 10.6 Å². The number of nitrogens with zero attached hydrogens (tertiary/aromatic N) is 2. The molecule has 0 fully saturated rings. The Morgan fingerprint density at radius 3 is 2.56 bits per heavy atom. The van der Waals surface area contributed by atoms with Crippen LogP contribution in [0.2, 0.25) is 0 Å². The van der Waals surface area contributed by atoms with E-state index >= 15 is 0 Å². The number of H-pyrrole nitrogens is 1. The topological polar surface area (TPSA) is 101 Å². The summed E-state index contributed by atoms with van der Waals surface area (Å²) in [5.74, 6) is -0.214. The molecule has 1 aromatic rings. The fraction of sp³-hybridized carbons (Fsp3) is 0.500. The number of anilines is 2. The lowest BCUT2D eigenvalue weighted by atomic mass is 10.2. The van der Waals surface area contributed by atoms with E-state index in [0.717, 1.165) is 12.8 Å². The lowest BCUT2D eigenvalue weighted by Crippen LogP contribution is -2.42. The van der Waals surface area contributed by atoms with E-state index in [4.69, 9.17) is 5.73 Å². The fourth-order valence-corrected chi connectivity index (χ4v) is 2.37. The Kier molecular flexibility index (Phi) is 7.91. The number of carbonyl (C=O) groups is 1. The van der Waals surface area contributed by atoms with Gasteiger partial charge in [-0.25, -0.2) is 4.79 Å². The Morgan fingerprint density at radius 2 is 2.00 bits per heavy atom. The molecule has 0 radical (unpaired) electrons. The molecular formula is C18H28N4O3. The van der Waals surface area contributed by atoms with Crippen molar-refractivity contribution in [3.05, 3.63) is 45.1 Å². The van der Waals surface area contributed by atoms with Gasteiger partial charge in [0.15, 0.2) is 5.69 Å². The highest BCUT2D eigenvalue weighted by atomic mass is 16.2. The van der Waals surface area contributed by atoms with Crippen LogP contribution in [-0.2, 0) is 11.3 Å². The number of allylic oxidation sites excluding steroid dienone is 3. The number of unbranched alkanes of at least 4 members (excludes halogenated alkanes) is 1. The molecule has 138 valence electrons. The summed E-state index contributed by atoms with van der Waals surface area (Å²) in [5, 5.41) is 0. The number of nitrogens with two attached hydrogens (primary N) is 1. The highest BCUT2D eigenvalue weighted by Crippen LogP contribution is 2.19. The molecule has 0 bridgehead atoms. The summed E-state index contributed by atoms with van der Waals surface area (Å²) >= 11 is 0. The van der Waals surface area contributed by atoms with Crippen molar-refractivity contribution < 1.29 is 4.79 Å². The Morgan fingerprint density at radius 1 is 1.32 bits per heavy atom. The molecule has 0 atom stereocenters. The van der Waals surface area contributed by atoms with Crippen LogP contribution in [0.25, 0.3) is 0 Å². The molecule has 7 nitrogen and oxygen atoms in total. The molecule has 1 heterocycles. The number of nitrogen functional groups attached to an aromatic ring is 1. The Labute approximate surface area is 147 Å². The third kappa shape index (κ3) is 5.48. The minimum atomic E-state index is -0.649. The number of aromatic amines is 1. The fourth-order valence-electron chi connectivity index (χ4n) is 2.37. The average Bonchev–Trinajstić information content (AvgIpc) is 2.53. The molecule has 0 aliphatic heterocycles. The molecule has 1 rings (SSSR count). The van der Waals surface area contributed by atoms with Gasteiger partial charge in [0.2, 0.25) is 0 Å². The molecule has 0 saturated carbocycles. The van der Waals surface area contributed by atoms with E-state index in [1.54, 1.807) is 18.2 Å². The van der Waals surface area contributed by atoms with Gasteiger partial charge in [-0.3, -0.25) is 19.1 Å². The van der Waals surface area contributed by atoms with Crippen LogP contribution in [0.1, 0.15) is 40.5 Å². The van der Waals surface area contributed by atoms with Crippen LogP contribution in [0.5, 0.6) is 0 Å². The first-order chi connectivity index (χ1) is 11.8. The molecule has 1 aromatic heterocycles. The van der Waals surface area contributed by atoms with Crippen molar-refractivity contribution in [2.75, 3.05) is 17.2 Å². The lowest BCUT2D eigenvalue weighted by Gasteiger charge is -2.25. The van der Waals surface area contributed by atoms with Gasteiger partial charge in [-0.15, -0.1) is 0 Å². The predicted octanol–water partition coefficient (Wildman–Crippen LogP) is 2.04. The zero-order valence-corrected chi connectivity index (χ0v) is 15.4. The van der Waals surface area contributed by atoms with E-state index in [9.17, 15) is 14.4 Å². The first-order valence-electron chi connectivity index (χ1n) is 8.56. The standard InChI is InChI=1S/C18H28N4O3/c1-5-7-9-10-14(23)22(12-13(3)4)15-16(19)21(11-8-6-2)18(25)20-17(15)24/h5,7,9-10,13H,6,8,11-12,19H2,1-4H3,(H,20,24,25)/b7-5+,10-9+. The van der Waals surface area contributed by atoms with Crippen molar-refractivity contribution in [2.24, 2.45) is 5.92 Å². The van der Waals surface area contributed by atoms with Crippen molar-refractivity contribution in [3.8, 4) is 0 Å². The largest absolute Gasteiger partial charge is 0.383 e. The minimum absolute atomic E-state index is 0.0237. The highest BCUT2D eigenvalue weighted by Gasteiger charge is 2.23. The van der Waals surface area contributed by atoms with Crippen LogP contribution in [-0.4, -0.2) is 22.0 Å². The number of hydrogen-bond donors (Lipinski definition) is 2. The molecular weight excluding hydrogens is 320 g/mol. The van der Waals surface area contributed by atoms with Crippen molar-refractivity contribution in [2.45, 2.75) is 47.1 Å². The summed E-state index contributed by atoms with van der Waals surface area (Å²) in [6, 6.07) is 0. The number of amides is 1. The number of rotatable bonds is 8. The summed E-state index contributed by atoms with van der Waals surface area (Å²) < 4.78 is 1.32.